The molecule has 1 aliphatic carbocycles. The van der Waals surface area contributed by atoms with Gasteiger partial charge in [0, 0.05) is 43.9 Å². The third-order valence-corrected chi connectivity index (χ3v) is 5.99. The van der Waals surface area contributed by atoms with Gasteiger partial charge in [-0.15, -0.1) is 0 Å². The van der Waals surface area contributed by atoms with Crippen LogP contribution in [0, 0.1) is 0 Å². The lowest BCUT2D eigenvalue weighted by Crippen LogP contribution is -2.44. The highest BCUT2D eigenvalue weighted by atomic mass is 16.3. The molecule has 0 radical (unpaired) electrons. The summed E-state index contributed by atoms with van der Waals surface area (Å²) >= 11 is 0. The molecule has 6 nitrogen and oxygen atoms in total. The molecule has 2 fully saturated rings. The van der Waals surface area contributed by atoms with E-state index in [4.69, 9.17) is 10.1 Å². The Balaban J connectivity index is 1.60. The van der Waals surface area contributed by atoms with Crippen LogP contribution in [0.15, 0.2) is 24.3 Å². The number of piperazine rings is 1. The van der Waals surface area contributed by atoms with Crippen molar-refractivity contribution in [3.8, 4) is 11.4 Å². The van der Waals surface area contributed by atoms with Crippen LogP contribution in [0.2, 0.25) is 0 Å². The maximum atomic E-state index is 10.5. The second-order valence-corrected chi connectivity index (χ2v) is 7.91. The van der Waals surface area contributed by atoms with E-state index >= 15 is 0 Å². The summed E-state index contributed by atoms with van der Waals surface area (Å²) < 4.78 is 1.99. The van der Waals surface area contributed by atoms with E-state index in [1.54, 1.807) is 0 Å². The molecule has 0 spiro atoms. The Hall–Kier alpha value is -1.92. The van der Waals surface area contributed by atoms with Crippen LogP contribution in [0.4, 0.5) is 5.69 Å². The average molecular weight is 370 g/mol. The van der Waals surface area contributed by atoms with Crippen LogP contribution in [-0.2, 0) is 6.42 Å². The van der Waals surface area contributed by atoms with Crippen molar-refractivity contribution in [2.45, 2.75) is 51.2 Å². The van der Waals surface area contributed by atoms with Gasteiger partial charge in [-0.05, 0) is 44.2 Å². The smallest absolute Gasteiger partial charge is 0.158 e. The predicted octanol–water partition coefficient (Wildman–Crippen LogP) is 2.74. The fourth-order valence-electron chi connectivity index (χ4n) is 4.21. The van der Waals surface area contributed by atoms with Crippen LogP contribution < -0.4 is 4.90 Å². The molecule has 1 saturated carbocycles. The quantitative estimate of drug-likeness (QED) is 0.898. The summed E-state index contributed by atoms with van der Waals surface area (Å²) in [7, 11) is 2.18. The van der Waals surface area contributed by atoms with Crippen molar-refractivity contribution in [3.05, 3.63) is 30.1 Å². The third kappa shape index (κ3) is 3.87. The van der Waals surface area contributed by atoms with Crippen molar-refractivity contribution >= 4 is 5.69 Å². The fourth-order valence-corrected chi connectivity index (χ4v) is 4.21. The Kier molecular flexibility index (Phi) is 5.45. The molecule has 1 saturated heterocycles. The van der Waals surface area contributed by atoms with E-state index in [1.807, 2.05) is 4.68 Å². The summed E-state index contributed by atoms with van der Waals surface area (Å²) in [5.74, 6) is 1.74. The van der Waals surface area contributed by atoms with Crippen LogP contribution in [-0.4, -0.2) is 64.1 Å². The van der Waals surface area contributed by atoms with Gasteiger partial charge in [0.15, 0.2) is 11.6 Å². The molecule has 2 aromatic rings. The van der Waals surface area contributed by atoms with Crippen LogP contribution in [0.1, 0.15) is 44.5 Å². The number of nitrogens with zero attached hydrogens (tertiary/aromatic N) is 5. The van der Waals surface area contributed by atoms with Crippen molar-refractivity contribution in [1.82, 2.24) is 19.7 Å². The first kappa shape index (κ1) is 18.4. The lowest BCUT2D eigenvalue weighted by molar-refractivity contribution is 0.0700. The molecule has 1 aliphatic heterocycles. The number of likely N-dealkylation sites (N-methyl/N-ethyl adjacent to an activating group) is 1. The minimum Gasteiger partial charge on any atom is -0.391 e. The molecule has 0 bridgehead atoms. The summed E-state index contributed by atoms with van der Waals surface area (Å²) in [5, 5.41) is 15.2. The summed E-state index contributed by atoms with van der Waals surface area (Å²) in [4.78, 5) is 9.59. The Morgan fingerprint density at radius 1 is 1.04 bits per heavy atom. The highest BCUT2D eigenvalue weighted by Crippen LogP contribution is 2.32. The molecule has 2 atom stereocenters. The van der Waals surface area contributed by atoms with E-state index in [0.717, 1.165) is 75.5 Å². The fraction of sp³-hybridized carbons (Fsp3) is 0.619. The van der Waals surface area contributed by atoms with E-state index in [2.05, 4.69) is 48.0 Å². The van der Waals surface area contributed by atoms with Gasteiger partial charge in [0.05, 0.1) is 12.1 Å². The van der Waals surface area contributed by atoms with Gasteiger partial charge in [-0.1, -0.05) is 19.8 Å². The molecule has 1 aromatic heterocycles. The summed E-state index contributed by atoms with van der Waals surface area (Å²) in [6.45, 7) is 6.43. The number of aliphatic hydroxyl groups is 1. The Morgan fingerprint density at radius 3 is 2.41 bits per heavy atom. The number of benzene rings is 1. The summed E-state index contributed by atoms with van der Waals surface area (Å²) in [5.41, 5.74) is 2.35. The Bertz CT molecular complexity index is 748. The molecule has 0 unspecified atom stereocenters. The molecule has 2 heterocycles. The summed E-state index contributed by atoms with van der Waals surface area (Å²) in [6.07, 6.45) is 4.55. The lowest BCUT2D eigenvalue weighted by Gasteiger charge is -2.34. The molecule has 6 heteroatoms. The van der Waals surface area contributed by atoms with Gasteiger partial charge < -0.3 is 14.9 Å². The second kappa shape index (κ2) is 7.98. The predicted molar refractivity (Wildman–Crippen MR) is 108 cm³/mol. The van der Waals surface area contributed by atoms with E-state index < -0.39 is 0 Å². The topological polar surface area (TPSA) is 57.4 Å². The maximum absolute atomic E-state index is 10.5. The number of rotatable bonds is 4. The van der Waals surface area contributed by atoms with Crippen LogP contribution >= 0.6 is 0 Å². The van der Waals surface area contributed by atoms with Crippen molar-refractivity contribution < 1.29 is 5.11 Å². The first-order valence-corrected chi connectivity index (χ1v) is 10.3. The van der Waals surface area contributed by atoms with Gasteiger partial charge in [0.25, 0.3) is 0 Å². The number of aryl methyl sites for hydroxylation is 1. The standard InChI is InChI=1S/C21H31N5O/c1-3-20-22-21(26(23-20)18-6-4-5-7-19(18)27)16-8-10-17(11-9-16)25-14-12-24(2)13-15-25/h8-11,18-19,27H,3-7,12-15H2,1-2H3/t18-,19-/m0/s1. The van der Waals surface area contributed by atoms with Gasteiger partial charge in [0.1, 0.15) is 0 Å². The van der Waals surface area contributed by atoms with Crippen molar-refractivity contribution in [1.29, 1.82) is 0 Å². The molecule has 1 N–H and O–H groups in total. The highest BCUT2D eigenvalue weighted by molar-refractivity contribution is 5.61. The van der Waals surface area contributed by atoms with Gasteiger partial charge in [-0.2, -0.15) is 5.10 Å². The first-order chi connectivity index (χ1) is 13.2. The minimum absolute atomic E-state index is 0.0406. The highest BCUT2D eigenvalue weighted by Gasteiger charge is 2.28. The van der Waals surface area contributed by atoms with Crippen LogP contribution in [0.25, 0.3) is 11.4 Å². The number of hydrogen-bond acceptors (Lipinski definition) is 5. The van der Waals surface area contributed by atoms with Crippen molar-refractivity contribution in [2.24, 2.45) is 0 Å². The normalized spacial score (nSPS) is 24.3. The minimum atomic E-state index is -0.325. The van der Waals surface area contributed by atoms with Gasteiger partial charge >= 0.3 is 0 Å². The molecule has 27 heavy (non-hydrogen) atoms. The van der Waals surface area contributed by atoms with Gasteiger partial charge in [0.2, 0.25) is 0 Å². The molecular formula is C21H31N5O. The first-order valence-electron chi connectivity index (χ1n) is 10.3. The van der Waals surface area contributed by atoms with E-state index in [0.29, 0.717) is 0 Å². The van der Waals surface area contributed by atoms with Gasteiger partial charge in [-0.3, -0.25) is 0 Å². The zero-order valence-corrected chi connectivity index (χ0v) is 16.5. The van der Waals surface area contributed by atoms with Gasteiger partial charge in [-0.25, -0.2) is 9.67 Å². The monoisotopic (exact) mass is 369 g/mol. The number of anilines is 1. The molecule has 4 rings (SSSR count). The Labute approximate surface area is 161 Å². The zero-order chi connectivity index (χ0) is 18.8. The van der Waals surface area contributed by atoms with E-state index in [1.165, 1.54) is 5.69 Å². The zero-order valence-electron chi connectivity index (χ0n) is 16.5. The number of aromatic nitrogens is 3. The van der Waals surface area contributed by atoms with Crippen LogP contribution in [0.5, 0.6) is 0 Å². The molecule has 1 aromatic carbocycles. The average Bonchev–Trinajstić information content (AvgIpc) is 3.13. The number of hydrogen-bond donors (Lipinski definition) is 1. The third-order valence-electron chi connectivity index (χ3n) is 5.99. The number of aliphatic hydroxyl groups excluding tert-OH is 1. The second-order valence-electron chi connectivity index (χ2n) is 7.91. The molecule has 0 amide bonds. The largest absolute Gasteiger partial charge is 0.391 e. The van der Waals surface area contributed by atoms with E-state index in [-0.39, 0.29) is 12.1 Å². The van der Waals surface area contributed by atoms with E-state index in [9.17, 15) is 5.11 Å². The Morgan fingerprint density at radius 2 is 1.74 bits per heavy atom. The summed E-state index contributed by atoms with van der Waals surface area (Å²) in [6, 6.07) is 8.75. The maximum Gasteiger partial charge on any atom is 0.158 e. The molecule has 146 valence electrons. The lowest BCUT2D eigenvalue weighted by atomic mass is 9.92. The van der Waals surface area contributed by atoms with Crippen LogP contribution in [0.3, 0.4) is 0 Å². The SMILES string of the molecule is CCc1nc(-c2ccc(N3CCN(C)CC3)cc2)n([C@H]2CCCC[C@@H]2O)n1. The van der Waals surface area contributed by atoms with Crippen molar-refractivity contribution in [2.75, 3.05) is 38.1 Å². The van der Waals surface area contributed by atoms with Crippen molar-refractivity contribution in [3.63, 3.8) is 0 Å². The molecular weight excluding hydrogens is 338 g/mol. The molecule has 2 aliphatic rings.